The van der Waals surface area contributed by atoms with E-state index in [1.165, 1.54) is 22.3 Å². The van der Waals surface area contributed by atoms with Crippen molar-refractivity contribution in [2.24, 2.45) is 0 Å². The minimum Gasteiger partial charge on any atom is -0.309 e. The molecule has 12 aromatic rings. The van der Waals surface area contributed by atoms with E-state index in [1.54, 1.807) is 0 Å². The van der Waals surface area contributed by atoms with E-state index in [9.17, 15) is 0 Å². The average molecular weight is 887 g/mol. The van der Waals surface area contributed by atoms with Crippen molar-refractivity contribution in [1.29, 1.82) is 0 Å². The molecule has 69 heavy (non-hydrogen) atoms. The molecule has 0 amide bonds. The summed E-state index contributed by atoms with van der Waals surface area (Å²) in [5.74, 6) is 3.35. The van der Waals surface area contributed by atoms with Crippen LogP contribution >= 0.6 is 0 Å². The fourth-order valence-electron chi connectivity index (χ4n) is 9.30. The number of hydrogen-bond donors (Lipinski definition) is 0. The molecular formula is C61H42N8. The first-order chi connectivity index (χ1) is 34.0. The van der Waals surface area contributed by atoms with Gasteiger partial charge >= 0.3 is 0 Å². The normalized spacial score (nSPS) is 11.3. The fourth-order valence-corrected chi connectivity index (χ4v) is 9.30. The van der Waals surface area contributed by atoms with Gasteiger partial charge in [-0.2, -0.15) is 0 Å². The smallest absolute Gasteiger partial charge is 0.166 e. The van der Waals surface area contributed by atoms with E-state index in [0.29, 0.717) is 34.9 Å². The van der Waals surface area contributed by atoms with E-state index in [2.05, 4.69) is 103 Å². The van der Waals surface area contributed by atoms with Gasteiger partial charge in [0.15, 0.2) is 34.9 Å². The molecule has 8 heteroatoms. The van der Waals surface area contributed by atoms with Crippen molar-refractivity contribution in [3.05, 3.63) is 230 Å². The van der Waals surface area contributed by atoms with Crippen molar-refractivity contribution in [1.82, 2.24) is 39.5 Å². The third-order valence-electron chi connectivity index (χ3n) is 12.6. The topological polar surface area (TPSA) is 95.2 Å². The molecule has 0 aliphatic heterocycles. The van der Waals surface area contributed by atoms with Crippen LogP contribution < -0.4 is 0 Å². The van der Waals surface area contributed by atoms with Crippen LogP contribution in [0.4, 0.5) is 0 Å². The van der Waals surface area contributed by atoms with Gasteiger partial charge in [-0.3, -0.25) is 4.98 Å². The highest BCUT2D eigenvalue weighted by Gasteiger charge is 2.23. The number of aryl methyl sites for hydroxylation is 2. The van der Waals surface area contributed by atoms with Crippen molar-refractivity contribution in [3.8, 4) is 96.3 Å². The number of hydrogen-bond acceptors (Lipinski definition) is 7. The van der Waals surface area contributed by atoms with Gasteiger partial charge < -0.3 is 4.57 Å². The minimum atomic E-state index is 0.500. The highest BCUT2D eigenvalue weighted by atomic mass is 15.0. The Labute approximate surface area is 399 Å². The van der Waals surface area contributed by atoms with E-state index in [4.69, 9.17) is 34.9 Å². The van der Waals surface area contributed by atoms with Crippen LogP contribution in [0.3, 0.4) is 0 Å². The van der Waals surface area contributed by atoms with Crippen molar-refractivity contribution in [2.45, 2.75) is 13.8 Å². The van der Waals surface area contributed by atoms with Gasteiger partial charge in [-0.1, -0.05) is 169 Å². The van der Waals surface area contributed by atoms with Gasteiger partial charge in [0.25, 0.3) is 0 Å². The lowest BCUT2D eigenvalue weighted by Crippen LogP contribution is -2.04. The van der Waals surface area contributed by atoms with Crippen molar-refractivity contribution < 1.29 is 0 Å². The van der Waals surface area contributed by atoms with Gasteiger partial charge in [0, 0.05) is 62.1 Å². The zero-order valence-corrected chi connectivity index (χ0v) is 37.9. The second kappa shape index (κ2) is 17.5. The molecule has 4 aromatic heterocycles. The van der Waals surface area contributed by atoms with Crippen LogP contribution in [0.5, 0.6) is 0 Å². The standard InChI is InChI=1S/C61H42N8/c1-39-27-30-47(40(2)35-39)45-28-31-55-51(36-45)49-25-15-16-26-53(49)69(55)54-32-29-46(60-65-56(41-17-7-3-8-18-41)63-57(66-60)42-19-9-4-10-20-42)37-50(54)48-33-34-62-38-52(48)61-67-58(43-21-11-5-12-22-43)64-59(68-61)44-23-13-6-14-24-44/h3-38H,1-2H3. The zero-order chi connectivity index (χ0) is 46.3. The molecule has 0 saturated heterocycles. The van der Waals surface area contributed by atoms with Crippen LogP contribution in [0.15, 0.2) is 219 Å². The second-order valence-electron chi connectivity index (χ2n) is 17.1. The molecule has 4 heterocycles. The lowest BCUT2D eigenvalue weighted by atomic mass is 9.96. The maximum atomic E-state index is 5.20. The summed E-state index contributed by atoms with van der Waals surface area (Å²) in [6, 6.07) is 70.9. The lowest BCUT2D eigenvalue weighted by molar-refractivity contribution is 1.07. The first kappa shape index (κ1) is 41.2. The van der Waals surface area contributed by atoms with E-state index in [1.807, 2.05) is 134 Å². The summed E-state index contributed by atoms with van der Waals surface area (Å²) in [6.45, 7) is 4.33. The monoisotopic (exact) mass is 886 g/mol. The van der Waals surface area contributed by atoms with Crippen LogP contribution in [0, 0.1) is 13.8 Å². The van der Waals surface area contributed by atoms with Crippen LogP contribution in [0.25, 0.3) is 118 Å². The number of para-hydroxylation sites is 1. The number of aromatic nitrogens is 8. The highest BCUT2D eigenvalue weighted by molar-refractivity contribution is 6.11. The Hall–Kier alpha value is -9.27. The molecule has 0 fully saturated rings. The van der Waals surface area contributed by atoms with E-state index >= 15 is 0 Å². The Balaban J connectivity index is 1.13. The first-order valence-electron chi connectivity index (χ1n) is 23.0. The fraction of sp³-hybridized carbons (Fsp3) is 0.0328. The quantitative estimate of drug-likeness (QED) is 0.142. The number of nitrogens with zero attached hydrogens (tertiary/aromatic N) is 8. The summed E-state index contributed by atoms with van der Waals surface area (Å²) >= 11 is 0. The molecule has 0 atom stereocenters. The predicted molar refractivity (Wildman–Crippen MR) is 278 cm³/mol. The molecule has 0 radical (unpaired) electrons. The van der Waals surface area contributed by atoms with Crippen LogP contribution in [-0.4, -0.2) is 39.5 Å². The van der Waals surface area contributed by atoms with Crippen LogP contribution in [-0.2, 0) is 0 Å². The lowest BCUT2D eigenvalue weighted by Gasteiger charge is -2.18. The summed E-state index contributed by atoms with van der Waals surface area (Å²) in [5.41, 5.74) is 14.9. The van der Waals surface area contributed by atoms with Gasteiger partial charge in [0.1, 0.15) is 0 Å². The number of benzene rings is 8. The molecule has 8 aromatic carbocycles. The van der Waals surface area contributed by atoms with E-state index in [-0.39, 0.29) is 0 Å². The summed E-state index contributed by atoms with van der Waals surface area (Å²) in [6.07, 6.45) is 3.69. The summed E-state index contributed by atoms with van der Waals surface area (Å²) in [7, 11) is 0. The number of rotatable bonds is 9. The maximum absolute atomic E-state index is 5.20. The Morgan fingerprint density at radius 2 is 0.812 bits per heavy atom. The Kier molecular flexibility index (Phi) is 10.5. The number of fused-ring (bicyclic) bond motifs is 3. The van der Waals surface area contributed by atoms with Crippen LogP contribution in [0.2, 0.25) is 0 Å². The summed E-state index contributed by atoms with van der Waals surface area (Å²) in [4.78, 5) is 35.5. The van der Waals surface area contributed by atoms with E-state index in [0.717, 1.165) is 72.0 Å². The Morgan fingerprint density at radius 1 is 0.319 bits per heavy atom. The Bertz CT molecular complexity index is 3740. The first-order valence-corrected chi connectivity index (χ1v) is 23.0. The third kappa shape index (κ3) is 7.79. The van der Waals surface area contributed by atoms with Crippen molar-refractivity contribution in [2.75, 3.05) is 0 Å². The average Bonchev–Trinajstić information content (AvgIpc) is 3.75. The summed E-state index contributed by atoms with van der Waals surface area (Å²) in [5, 5.41) is 2.31. The molecule has 326 valence electrons. The predicted octanol–water partition coefficient (Wildman–Crippen LogP) is 14.5. The molecule has 0 saturated carbocycles. The van der Waals surface area contributed by atoms with Crippen molar-refractivity contribution >= 4 is 21.8 Å². The maximum Gasteiger partial charge on any atom is 0.166 e. The molecule has 0 bridgehead atoms. The number of pyridine rings is 1. The van der Waals surface area contributed by atoms with E-state index < -0.39 is 0 Å². The minimum absolute atomic E-state index is 0.500. The molecule has 8 nitrogen and oxygen atoms in total. The largest absolute Gasteiger partial charge is 0.309 e. The second-order valence-corrected chi connectivity index (χ2v) is 17.1. The Morgan fingerprint density at radius 3 is 1.38 bits per heavy atom. The van der Waals surface area contributed by atoms with Gasteiger partial charge in [-0.05, 0) is 78.6 Å². The zero-order valence-electron chi connectivity index (χ0n) is 37.9. The highest BCUT2D eigenvalue weighted by Crippen LogP contribution is 2.42. The molecule has 0 unspecified atom stereocenters. The van der Waals surface area contributed by atoms with Crippen molar-refractivity contribution in [3.63, 3.8) is 0 Å². The summed E-state index contributed by atoms with van der Waals surface area (Å²) < 4.78 is 2.37. The molecule has 12 rings (SSSR count). The molecular weight excluding hydrogens is 845 g/mol. The van der Waals surface area contributed by atoms with Gasteiger partial charge in [0.05, 0.1) is 16.7 Å². The molecule has 0 N–H and O–H groups in total. The van der Waals surface area contributed by atoms with Gasteiger partial charge in [-0.25, -0.2) is 29.9 Å². The van der Waals surface area contributed by atoms with Gasteiger partial charge in [0.2, 0.25) is 0 Å². The molecule has 0 spiro atoms. The van der Waals surface area contributed by atoms with Gasteiger partial charge in [-0.15, -0.1) is 0 Å². The third-order valence-corrected chi connectivity index (χ3v) is 12.6. The SMILES string of the molecule is Cc1ccc(-c2ccc3c(c2)c2ccccc2n3-c2ccc(-c3nc(-c4ccccc4)nc(-c4ccccc4)n3)cc2-c2ccncc2-c2nc(-c3ccccc3)nc(-c3ccccc3)n2)c(C)c1. The van der Waals surface area contributed by atoms with Crippen LogP contribution in [0.1, 0.15) is 11.1 Å². The molecule has 0 aliphatic carbocycles. The molecule has 0 aliphatic rings.